The second kappa shape index (κ2) is 5.53. The predicted octanol–water partition coefficient (Wildman–Crippen LogP) is 1.99. The van der Waals surface area contributed by atoms with Crippen molar-refractivity contribution >= 4 is 17.4 Å². The van der Waals surface area contributed by atoms with Crippen molar-refractivity contribution < 1.29 is 9.59 Å². The Balaban J connectivity index is 2.24. The third-order valence-corrected chi connectivity index (χ3v) is 3.54. The van der Waals surface area contributed by atoms with E-state index in [-0.39, 0.29) is 17.7 Å². The summed E-state index contributed by atoms with van der Waals surface area (Å²) in [7, 11) is 0. The topological polar surface area (TPSA) is 49.4 Å². The minimum Gasteiger partial charge on any atom is -0.311 e. The van der Waals surface area contributed by atoms with Crippen LogP contribution in [0.4, 0.5) is 5.69 Å². The highest BCUT2D eigenvalue weighted by Gasteiger charge is 2.26. The van der Waals surface area contributed by atoms with Gasteiger partial charge in [0.2, 0.25) is 5.91 Å². The van der Waals surface area contributed by atoms with Crippen LogP contribution in [0, 0.1) is 0 Å². The standard InChI is InChI=1S/C15H20N2O2/c1-10-8-9-17(15(19)11(2)16-10)14-6-4-13(5-7-14)12(3)18/h4-7,10-11,16H,8-9H2,1-3H3. The van der Waals surface area contributed by atoms with Gasteiger partial charge in [-0.3, -0.25) is 9.59 Å². The van der Waals surface area contributed by atoms with Gasteiger partial charge >= 0.3 is 0 Å². The Bertz CT molecular complexity index is 481. The van der Waals surface area contributed by atoms with E-state index < -0.39 is 0 Å². The number of rotatable bonds is 2. The van der Waals surface area contributed by atoms with Crippen LogP contribution in [0.5, 0.6) is 0 Å². The summed E-state index contributed by atoms with van der Waals surface area (Å²) >= 11 is 0. The number of amides is 1. The molecule has 0 radical (unpaired) electrons. The molecule has 1 amide bonds. The summed E-state index contributed by atoms with van der Waals surface area (Å²) in [6.07, 6.45) is 0.921. The normalized spacial score (nSPS) is 24.2. The average Bonchev–Trinajstić information content (AvgIpc) is 2.50. The second-order valence-electron chi connectivity index (χ2n) is 5.17. The largest absolute Gasteiger partial charge is 0.311 e. The van der Waals surface area contributed by atoms with Crippen LogP contribution in [0.15, 0.2) is 24.3 Å². The highest BCUT2D eigenvalue weighted by Crippen LogP contribution is 2.19. The van der Waals surface area contributed by atoms with Crippen LogP contribution in [-0.4, -0.2) is 30.3 Å². The minimum atomic E-state index is -0.176. The van der Waals surface area contributed by atoms with Crippen LogP contribution >= 0.6 is 0 Å². The van der Waals surface area contributed by atoms with E-state index in [1.165, 1.54) is 0 Å². The lowest BCUT2D eigenvalue weighted by Gasteiger charge is -2.22. The zero-order chi connectivity index (χ0) is 14.0. The quantitative estimate of drug-likeness (QED) is 0.827. The van der Waals surface area contributed by atoms with E-state index >= 15 is 0 Å². The molecule has 1 saturated heterocycles. The molecule has 102 valence electrons. The molecule has 2 unspecified atom stereocenters. The first kappa shape index (κ1) is 13.7. The van der Waals surface area contributed by atoms with E-state index in [1.807, 2.05) is 19.1 Å². The molecule has 1 N–H and O–H groups in total. The van der Waals surface area contributed by atoms with Crippen molar-refractivity contribution in [3.05, 3.63) is 29.8 Å². The Morgan fingerprint density at radius 1 is 1.26 bits per heavy atom. The van der Waals surface area contributed by atoms with Crippen LogP contribution in [0.25, 0.3) is 0 Å². The van der Waals surface area contributed by atoms with Crippen LogP contribution in [0.3, 0.4) is 0 Å². The van der Waals surface area contributed by atoms with Crippen LogP contribution < -0.4 is 10.2 Å². The third-order valence-electron chi connectivity index (χ3n) is 3.54. The summed E-state index contributed by atoms with van der Waals surface area (Å²) in [5.41, 5.74) is 1.53. The molecule has 1 aliphatic heterocycles. The zero-order valence-corrected chi connectivity index (χ0v) is 11.6. The van der Waals surface area contributed by atoms with Crippen molar-refractivity contribution in [2.75, 3.05) is 11.4 Å². The first-order chi connectivity index (χ1) is 8.99. The molecule has 1 fully saturated rings. The Morgan fingerprint density at radius 3 is 2.47 bits per heavy atom. The van der Waals surface area contributed by atoms with E-state index in [9.17, 15) is 9.59 Å². The van der Waals surface area contributed by atoms with Crippen LogP contribution in [0.2, 0.25) is 0 Å². The van der Waals surface area contributed by atoms with E-state index in [2.05, 4.69) is 12.2 Å². The summed E-state index contributed by atoms with van der Waals surface area (Å²) in [4.78, 5) is 25.4. The number of carbonyl (C=O) groups is 2. The molecular formula is C15H20N2O2. The molecular weight excluding hydrogens is 240 g/mol. The van der Waals surface area contributed by atoms with E-state index in [1.54, 1.807) is 24.0 Å². The fraction of sp³-hybridized carbons (Fsp3) is 0.467. The molecule has 1 aromatic carbocycles. The molecule has 0 aromatic heterocycles. The number of hydrogen-bond donors (Lipinski definition) is 1. The summed E-state index contributed by atoms with van der Waals surface area (Å²) in [6, 6.07) is 7.40. The van der Waals surface area contributed by atoms with Crippen molar-refractivity contribution in [1.29, 1.82) is 0 Å². The molecule has 1 aromatic rings. The lowest BCUT2D eigenvalue weighted by molar-refractivity contribution is -0.119. The summed E-state index contributed by atoms with van der Waals surface area (Å²) < 4.78 is 0. The van der Waals surface area contributed by atoms with Gasteiger partial charge in [0.25, 0.3) is 0 Å². The van der Waals surface area contributed by atoms with Crippen molar-refractivity contribution in [1.82, 2.24) is 5.32 Å². The van der Waals surface area contributed by atoms with Gasteiger partial charge in [0.1, 0.15) is 0 Å². The Hall–Kier alpha value is -1.68. The summed E-state index contributed by atoms with van der Waals surface area (Å²) in [5.74, 6) is 0.123. The van der Waals surface area contributed by atoms with Crippen LogP contribution in [0.1, 0.15) is 37.6 Å². The van der Waals surface area contributed by atoms with Crippen molar-refractivity contribution in [3.63, 3.8) is 0 Å². The smallest absolute Gasteiger partial charge is 0.243 e. The number of hydrogen-bond acceptors (Lipinski definition) is 3. The molecule has 4 heteroatoms. The molecule has 0 spiro atoms. The SMILES string of the molecule is CC(=O)c1ccc(N2CCC(C)NC(C)C2=O)cc1. The second-order valence-corrected chi connectivity index (χ2v) is 5.17. The van der Waals surface area contributed by atoms with Gasteiger partial charge in [-0.15, -0.1) is 0 Å². The van der Waals surface area contributed by atoms with E-state index in [0.29, 0.717) is 18.2 Å². The van der Waals surface area contributed by atoms with Gasteiger partial charge in [0, 0.05) is 23.8 Å². The lowest BCUT2D eigenvalue weighted by Crippen LogP contribution is -2.43. The van der Waals surface area contributed by atoms with Gasteiger partial charge in [-0.05, 0) is 51.5 Å². The van der Waals surface area contributed by atoms with Gasteiger partial charge in [-0.1, -0.05) is 0 Å². The first-order valence-corrected chi connectivity index (χ1v) is 6.67. The van der Waals surface area contributed by atoms with Gasteiger partial charge in [-0.25, -0.2) is 0 Å². The van der Waals surface area contributed by atoms with Gasteiger partial charge in [-0.2, -0.15) is 0 Å². The van der Waals surface area contributed by atoms with Crippen molar-refractivity contribution in [2.45, 2.75) is 39.3 Å². The number of Topliss-reactive ketones (excluding diaryl/α,β-unsaturated/α-hetero) is 1. The lowest BCUT2D eigenvalue weighted by atomic mass is 10.1. The summed E-state index contributed by atoms with van der Waals surface area (Å²) in [5, 5.41) is 3.28. The number of nitrogens with zero attached hydrogens (tertiary/aromatic N) is 1. The molecule has 1 heterocycles. The first-order valence-electron chi connectivity index (χ1n) is 6.67. The maximum atomic E-state index is 12.3. The molecule has 0 bridgehead atoms. The molecule has 2 atom stereocenters. The minimum absolute atomic E-state index is 0.0393. The van der Waals surface area contributed by atoms with Gasteiger partial charge < -0.3 is 10.2 Å². The fourth-order valence-corrected chi connectivity index (χ4v) is 2.38. The molecule has 0 saturated carbocycles. The highest BCUT2D eigenvalue weighted by molar-refractivity contribution is 5.98. The van der Waals surface area contributed by atoms with E-state index in [0.717, 1.165) is 12.1 Å². The monoisotopic (exact) mass is 260 g/mol. The number of ketones is 1. The maximum Gasteiger partial charge on any atom is 0.243 e. The molecule has 0 aliphatic carbocycles. The number of benzene rings is 1. The zero-order valence-electron chi connectivity index (χ0n) is 11.6. The van der Waals surface area contributed by atoms with Gasteiger partial charge in [0.05, 0.1) is 6.04 Å². The Kier molecular flexibility index (Phi) is 4.00. The molecule has 4 nitrogen and oxygen atoms in total. The van der Waals surface area contributed by atoms with Crippen molar-refractivity contribution in [2.24, 2.45) is 0 Å². The number of nitrogens with one attached hydrogen (secondary N) is 1. The Morgan fingerprint density at radius 2 is 1.89 bits per heavy atom. The predicted molar refractivity (Wildman–Crippen MR) is 75.5 cm³/mol. The third kappa shape index (κ3) is 3.01. The van der Waals surface area contributed by atoms with Gasteiger partial charge in [0.15, 0.2) is 5.78 Å². The summed E-state index contributed by atoms with van der Waals surface area (Å²) in [6.45, 7) is 6.23. The number of carbonyl (C=O) groups excluding carboxylic acids is 2. The Labute approximate surface area is 113 Å². The van der Waals surface area contributed by atoms with Crippen LogP contribution in [-0.2, 0) is 4.79 Å². The maximum absolute atomic E-state index is 12.3. The number of anilines is 1. The highest BCUT2D eigenvalue weighted by atomic mass is 16.2. The average molecular weight is 260 g/mol. The molecule has 2 rings (SSSR count). The fourth-order valence-electron chi connectivity index (χ4n) is 2.38. The van der Waals surface area contributed by atoms with Crippen molar-refractivity contribution in [3.8, 4) is 0 Å². The molecule has 19 heavy (non-hydrogen) atoms. The molecule has 1 aliphatic rings. The van der Waals surface area contributed by atoms with E-state index in [4.69, 9.17) is 0 Å².